The lowest BCUT2D eigenvalue weighted by atomic mass is 10.1. The Balaban J connectivity index is 3.30. The van der Waals surface area contributed by atoms with Crippen molar-refractivity contribution in [3.05, 3.63) is 23.0 Å². The summed E-state index contributed by atoms with van der Waals surface area (Å²) in [5.41, 5.74) is -0.642. The van der Waals surface area contributed by atoms with Crippen LogP contribution in [0.5, 0.6) is 0 Å². The number of aromatic nitrogens is 1. The summed E-state index contributed by atoms with van der Waals surface area (Å²) < 4.78 is 18.2. The lowest BCUT2D eigenvalue weighted by Gasteiger charge is -2.33. The van der Waals surface area contributed by atoms with Crippen LogP contribution in [0.2, 0.25) is 0 Å². The van der Waals surface area contributed by atoms with Gasteiger partial charge in [-0.05, 0) is 106 Å². The first-order valence-electron chi connectivity index (χ1n) is 13.6. The maximum Gasteiger partial charge on any atom is 0.420 e. The monoisotopic (exact) mass is 552 g/mol. The predicted octanol–water partition coefficient (Wildman–Crippen LogP) is 6.36. The second-order valence-electron chi connectivity index (χ2n) is 12.6. The molecule has 10 heteroatoms. The van der Waals surface area contributed by atoms with E-state index in [1.807, 2.05) is 20.0 Å². The Bertz CT molecular complexity index is 994. The number of carbonyl (C=O) groups excluding carboxylic acids is 3. The summed E-state index contributed by atoms with van der Waals surface area (Å²) in [4.78, 5) is 52.4. The molecule has 1 heterocycles. The van der Waals surface area contributed by atoms with E-state index in [1.165, 1.54) is 0 Å². The zero-order valence-electron chi connectivity index (χ0n) is 25.6. The van der Waals surface area contributed by atoms with Gasteiger partial charge in [-0.3, -0.25) is 0 Å². The van der Waals surface area contributed by atoms with Gasteiger partial charge in [0.15, 0.2) is 0 Å². The fourth-order valence-electron chi connectivity index (χ4n) is 4.08. The molecule has 1 N–H and O–H groups in total. The topological polar surface area (TPSA) is 124 Å². The fraction of sp³-hybridized carbons (Fsp3) is 0.724. The van der Waals surface area contributed by atoms with Crippen LogP contribution in [0, 0.1) is 0 Å². The number of amides is 2. The zero-order chi connectivity index (χ0) is 30.3. The molecule has 2 amide bonds. The van der Waals surface area contributed by atoms with E-state index < -0.39 is 47.0 Å². The quantitative estimate of drug-likeness (QED) is 0.202. The predicted molar refractivity (Wildman–Crippen MR) is 148 cm³/mol. The van der Waals surface area contributed by atoms with Crippen molar-refractivity contribution in [1.82, 2.24) is 9.47 Å². The van der Waals surface area contributed by atoms with E-state index in [1.54, 1.807) is 66.9 Å². The first-order valence-corrected chi connectivity index (χ1v) is 13.6. The molecule has 222 valence electrons. The number of carboxylic acids is 1. The van der Waals surface area contributed by atoms with Gasteiger partial charge in [-0.1, -0.05) is 13.8 Å². The number of imide groups is 1. The molecule has 0 saturated heterocycles. The van der Waals surface area contributed by atoms with Crippen molar-refractivity contribution >= 4 is 24.1 Å². The molecule has 1 aromatic rings. The summed E-state index contributed by atoms with van der Waals surface area (Å²) in [6, 6.07) is -1.30. The second kappa shape index (κ2) is 13.3. The van der Waals surface area contributed by atoms with Crippen LogP contribution in [0.3, 0.4) is 0 Å². The Labute approximate surface area is 233 Å². The number of aryl methyl sites for hydroxylation is 2. The average Bonchev–Trinajstić information content (AvgIpc) is 3.09. The number of nitrogens with zero attached hydrogens (tertiary/aromatic N) is 2. The van der Waals surface area contributed by atoms with Crippen LogP contribution >= 0.6 is 0 Å². The van der Waals surface area contributed by atoms with Gasteiger partial charge in [0, 0.05) is 12.7 Å². The van der Waals surface area contributed by atoms with Gasteiger partial charge in [-0.2, -0.15) is 4.90 Å². The van der Waals surface area contributed by atoms with Gasteiger partial charge in [0.05, 0.1) is 0 Å². The van der Waals surface area contributed by atoms with E-state index >= 15 is 0 Å². The lowest BCUT2D eigenvalue weighted by molar-refractivity contribution is -0.161. The molecule has 0 aliphatic rings. The molecule has 0 unspecified atom stereocenters. The Hall–Kier alpha value is -3.04. The van der Waals surface area contributed by atoms with Crippen molar-refractivity contribution < 1.29 is 38.5 Å². The molecule has 0 radical (unpaired) electrons. The summed E-state index contributed by atoms with van der Waals surface area (Å²) >= 11 is 0. The minimum atomic E-state index is -1.30. The number of ether oxygens (including phenoxy) is 3. The summed E-state index contributed by atoms with van der Waals surface area (Å²) in [5, 5.41) is 9.80. The highest BCUT2D eigenvalue weighted by Gasteiger charge is 2.41. The first-order chi connectivity index (χ1) is 17.7. The zero-order valence-corrected chi connectivity index (χ0v) is 25.6. The number of hydrogen-bond acceptors (Lipinski definition) is 7. The molecule has 0 aliphatic carbocycles. The van der Waals surface area contributed by atoms with Crippen LogP contribution in [-0.4, -0.2) is 61.5 Å². The molecule has 0 saturated carbocycles. The standard InChI is InChI=1S/C29H48N2O8/c1-12-19-18-30(22(23(32)33)20(19)13-2)17-15-14-16-21(24(34)37-27(3,4)5)31(25(35)38-28(6,7)8)26(36)39-29(9,10)11/h18,21H,12-17H2,1-11H3,(H,32,33)/t21-/m0/s1. The molecule has 0 aromatic carbocycles. The van der Waals surface area contributed by atoms with Gasteiger partial charge in [0.2, 0.25) is 0 Å². The van der Waals surface area contributed by atoms with Crippen molar-refractivity contribution in [3.8, 4) is 0 Å². The third kappa shape index (κ3) is 10.9. The van der Waals surface area contributed by atoms with Crippen LogP contribution in [0.1, 0.15) is 117 Å². The lowest BCUT2D eigenvalue weighted by Crippen LogP contribution is -2.53. The molecular weight excluding hydrogens is 504 g/mol. The van der Waals surface area contributed by atoms with Crippen LogP contribution < -0.4 is 0 Å². The van der Waals surface area contributed by atoms with Crippen LogP contribution in [0.4, 0.5) is 9.59 Å². The largest absolute Gasteiger partial charge is 0.477 e. The number of carboxylic acid groups (broad SMARTS) is 1. The summed E-state index contributed by atoms with van der Waals surface area (Å²) in [6.45, 7) is 19.4. The number of unbranched alkanes of at least 4 members (excludes halogenated alkanes) is 1. The van der Waals surface area contributed by atoms with E-state index in [0.29, 0.717) is 30.7 Å². The van der Waals surface area contributed by atoms with Crippen molar-refractivity contribution in [2.45, 2.75) is 138 Å². The maximum absolute atomic E-state index is 13.3. The smallest absolute Gasteiger partial charge is 0.420 e. The van der Waals surface area contributed by atoms with Gasteiger partial charge in [-0.25, -0.2) is 19.2 Å². The van der Waals surface area contributed by atoms with Gasteiger partial charge >= 0.3 is 24.1 Å². The third-order valence-corrected chi connectivity index (χ3v) is 5.51. The average molecular weight is 553 g/mol. The number of aromatic carboxylic acids is 1. The van der Waals surface area contributed by atoms with Crippen molar-refractivity contribution in [3.63, 3.8) is 0 Å². The normalized spacial score (nSPS) is 13.0. The molecule has 1 rings (SSSR count). The van der Waals surface area contributed by atoms with E-state index in [4.69, 9.17) is 14.2 Å². The summed E-state index contributed by atoms with van der Waals surface area (Å²) in [5.74, 6) is -1.74. The Morgan fingerprint density at radius 3 is 1.69 bits per heavy atom. The molecule has 1 aromatic heterocycles. The molecule has 0 fully saturated rings. The second-order valence-corrected chi connectivity index (χ2v) is 12.6. The minimum absolute atomic E-state index is 0.0817. The Morgan fingerprint density at radius 2 is 1.31 bits per heavy atom. The number of carbonyl (C=O) groups is 4. The molecule has 39 heavy (non-hydrogen) atoms. The maximum atomic E-state index is 13.3. The first kappa shape index (κ1) is 34.0. The minimum Gasteiger partial charge on any atom is -0.477 e. The number of hydrogen-bond donors (Lipinski definition) is 1. The third-order valence-electron chi connectivity index (χ3n) is 5.51. The number of esters is 1. The highest BCUT2D eigenvalue weighted by Crippen LogP contribution is 2.24. The van der Waals surface area contributed by atoms with Crippen molar-refractivity contribution in [2.24, 2.45) is 0 Å². The SMILES string of the molecule is CCc1cn(CCCC[C@@H](C(=O)OC(C)(C)C)N(C(=O)OC(C)(C)C)C(=O)OC(C)(C)C)c(C(=O)O)c1CC. The number of rotatable bonds is 10. The Kier molecular flexibility index (Phi) is 11.6. The molecule has 0 bridgehead atoms. The van der Waals surface area contributed by atoms with E-state index in [-0.39, 0.29) is 12.1 Å². The summed E-state index contributed by atoms with van der Waals surface area (Å²) in [7, 11) is 0. The van der Waals surface area contributed by atoms with E-state index in [2.05, 4.69) is 0 Å². The van der Waals surface area contributed by atoms with E-state index in [9.17, 15) is 24.3 Å². The van der Waals surface area contributed by atoms with Gasteiger partial charge in [-0.15, -0.1) is 0 Å². The van der Waals surface area contributed by atoms with E-state index in [0.717, 1.165) is 17.5 Å². The van der Waals surface area contributed by atoms with Crippen LogP contribution in [-0.2, 0) is 38.4 Å². The fourth-order valence-corrected chi connectivity index (χ4v) is 4.08. The molecule has 1 atom stereocenters. The highest BCUT2D eigenvalue weighted by molar-refractivity contribution is 5.94. The van der Waals surface area contributed by atoms with Crippen molar-refractivity contribution in [1.29, 1.82) is 0 Å². The van der Waals surface area contributed by atoms with Gasteiger partial charge in [0.25, 0.3) is 0 Å². The molecule has 0 aliphatic heterocycles. The van der Waals surface area contributed by atoms with Gasteiger partial charge < -0.3 is 23.9 Å². The molecule has 0 spiro atoms. The highest BCUT2D eigenvalue weighted by atomic mass is 16.6. The Morgan fingerprint density at radius 1 is 0.821 bits per heavy atom. The van der Waals surface area contributed by atoms with Crippen molar-refractivity contribution in [2.75, 3.05) is 0 Å². The summed E-state index contributed by atoms with van der Waals surface area (Å²) in [6.07, 6.45) is 2.15. The van der Waals surface area contributed by atoms with Crippen LogP contribution in [0.25, 0.3) is 0 Å². The molecule has 10 nitrogen and oxygen atoms in total. The van der Waals surface area contributed by atoms with Crippen LogP contribution in [0.15, 0.2) is 6.20 Å². The van der Waals surface area contributed by atoms with Gasteiger partial charge in [0.1, 0.15) is 28.5 Å². The molecular formula is C29H48N2O8.